The van der Waals surface area contributed by atoms with Crippen LogP contribution < -0.4 is 16.2 Å². The Morgan fingerprint density at radius 2 is 1.80 bits per heavy atom. The lowest BCUT2D eigenvalue weighted by Gasteiger charge is -2.31. The van der Waals surface area contributed by atoms with Crippen molar-refractivity contribution in [1.82, 2.24) is 20.2 Å². The Kier molecular flexibility index (Phi) is 6.66. The number of para-hydroxylation sites is 1. The van der Waals surface area contributed by atoms with Gasteiger partial charge in [-0.2, -0.15) is 0 Å². The molecule has 1 saturated heterocycles. The molecule has 0 unspecified atom stereocenters. The molecule has 5 rings (SSSR count). The van der Waals surface area contributed by atoms with E-state index in [0.717, 1.165) is 52.5 Å². The first-order valence-electron chi connectivity index (χ1n) is 11.9. The lowest BCUT2D eigenvalue weighted by molar-refractivity contribution is 0.186. The number of carbonyl (C=O) groups is 1. The van der Waals surface area contributed by atoms with Crippen LogP contribution in [-0.4, -0.2) is 40.0 Å². The maximum absolute atomic E-state index is 13.1. The van der Waals surface area contributed by atoms with Crippen LogP contribution in [0.3, 0.4) is 0 Å². The highest BCUT2D eigenvalue weighted by Crippen LogP contribution is 2.35. The zero-order valence-electron chi connectivity index (χ0n) is 19.9. The van der Waals surface area contributed by atoms with Crippen molar-refractivity contribution in [2.24, 2.45) is 0 Å². The van der Waals surface area contributed by atoms with Crippen LogP contribution in [0.1, 0.15) is 29.1 Å². The maximum atomic E-state index is 13.1. The van der Waals surface area contributed by atoms with Crippen molar-refractivity contribution in [1.29, 1.82) is 0 Å². The molecule has 0 radical (unpaired) electrons. The van der Waals surface area contributed by atoms with Crippen molar-refractivity contribution in [3.63, 3.8) is 0 Å². The fraction of sp³-hybridized carbons (Fsp3) is 0.296. The molecule has 180 valence electrons. The number of hydrogen-bond donors (Lipinski definition) is 3. The van der Waals surface area contributed by atoms with E-state index in [-0.39, 0.29) is 17.6 Å². The van der Waals surface area contributed by atoms with Gasteiger partial charge in [0, 0.05) is 35.3 Å². The minimum absolute atomic E-state index is 0.0842. The van der Waals surface area contributed by atoms with E-state index >= 15 is 0 Å². The molecule has 1 fully saturated rings. The average Bonchev–Trinajstić information content (AvgIpc) is 3.18. The second kappa shape index (κ2) is 10.0. The van der Waals surface area contributed by atoms with E-state index in [0.29, 0.717) is 17.8 Å². The Morgan fingerprint density at radius 1 is 1.09 bits per heavy atom. The first kappa shape index (κ1) is 23.3. The van der Waals surface area contributed by atoms with Crippen LogP contribution in [0.4, 0.5) is 10.5 Å². The van der Waals surface area contributed by atoms with E-state index in [1.807, 2.05) is 37.3 Å². The highest BCUT2D eigenvalue weighted by atomic mass is 32.1. The maximum Gasteiger partial charge on any atom is 0.319 e. The topological polar surface area (TPSA) is 90.1 Å². The van der Waals surface area contributed by atoms with E-state index in [9.17, 15) is 9.59 Å². The minimum atomic E-state index is -0.177. The second-order valence-corrected chi connectivity index (χ2v) is 10.3. The molecule has 0 aliphatic carbocycles. The van der Waals surface area contributed by atoms with Gasteiger partial charge < -0.3 is 15.6 Å². The van der Waals surface area contributed by atoms with Gasteiger partial charge in [0.15, 0.2) is 0 Å². The van der Waals surface area contributed by atoms with Crippen molar-refractivity contribution in [3.8, 4) is 11.1 Å². The summed E-state index contributed by atoms with van der Waals surface area (Å²) in [7, 11) is 0. The number of aromatic amines is 1. The highest BCUT2D eigenvalue weighted by molar-refractivity contribution is 7.19. The second-order valence-electron chi connectivity index (χ2n) is 9.11. The molecular formula is C27H29N5O2S. The number of aromatic nitrogens is 2. The van der Waals surface area contributed by atoms with Gasteiger partial charge in [0.2, 0.25) is 0 Å². The first-order valence-corrected chi connectivity index (χ1v) is 12.7. The molecule has 3 N–H and O–H groups in total. The number of anilines is 1. The van der Waals surface area contributed by atoms with Crippen molar-refractivity contribution >= 4 is 33.3 Å². The Labute approximate surface area is 208 Å². The molecule has 2 aromatic heterocycles. The molecule has 0 spiro atoms. The molecular weight excluding hydrogens is 458 g/mol. The Bertz CT molecular complexity index is 1390. The zero-order valence-corrected chi connectivity index (χ0v) is 20.7. The van der Waals surface area contributed by atoms with E-state index in [1.54, 1.807) is 11.3 Å². The normalized spacial score (nSPS) is 14.8. The molecule has 1 aliphatic heterocycles. The summed E-state index contributed by atoms with van der Waals surface area (Å²) in [5.74, 6) is 0.687. The smallest absolute Gasteiger partial charge is 0.319 e. The number of H-pyrrole nitrogens is 1. The summed E-state index contributed by atoms with van der Waals surface area (Å²) in [4.78, 5) is 37.3. The fourth-order valence-electron chi connectivity index (χ4n) is 4.63. The van der Waals surface area contributed by atoms with Crippen LogP contribution in [0, 0.1) is 13.8 Å². The fourth-order valence-corrected chi connectivity index (χ4v) is 5.69. The number of amides is 2. The lowest BCUT2D eigenvalue weighted by atomic mass is 10.0. The molecule has 8 heteroatoms. The first-order chi connectivity index (χ1) is 17.0. The third-order valence-corrected chi connectivity index (χ3v) is 7.45. The number of nitrogens with zero attached hydrogens (tertiary/aromatic N) is 2. The number of urea groups is 1. The number of nitrogens with one attached hydrogen (secondary N) is 3. The molecule has 35 heavy (non-hydrogen) atoms. The molecule has 3 heterocycles. The summed E-state index contributed by atoms with van der Waals surface area (Å²) in [6.45, 7) is 6.35. The van der Waals surface area contributed by atoms with Gasteiger partial charge >= 0.3 is 6.03 Å². The summed E-state index contributed by atoms with van der Waals surface area (Å²) < 4.78 is 0. The predicted molar refractivity (Wildman–Crippen MR) is 142 cm³/mol. The van der Waals surface area contributed by atoms with Crippen molar-refractivity contribution in [2.45, 2.75) is 39.3 Å². The third-order valence-electron chi connectivity index (χ3n) is 6.46. The van der Waals surface area contributed by atoms with E-state index in [4.69, 9.17) is 4.98 Å². The Hall–Kier alpha value is -3.49. The lowest BCUT2D eigenvalue weighted by Crippen LogP contribution is -2.45. The summed E-state index contributed by atoms with van der Waals surface area (Å²) in [5.41, 5.74) is 3.91. The molecule has 7 nitrogen and oxygen atoms in total. The predicted octanol–water partition coefficient (Wildman–Crippen LogP) is 5.05. The Balaban J connectivity index is 1.22. The van der Waals surface area contributed by atoms with Gasteiger partial charge in [-0.25, -0.2) is 9.78 Å². The van der Waals surface area contributed by atoms with Crippen molar-refractivity contribution < 1.29 is 4.79 Å². The van der Waals surface area contributed by atoms with Crippen LogP contribution >= 0.6 is 11.3 Å². The number of fused-ring (bicyclic) bond motifs is 1. The van der Waals surface area contributed by atoms with Crippen LogP contribution in [0.5, 0.6) is 0 Å². The Morgan fingerprint density at radius 3 is 2.51 bits per heavy atom. The molecule has 2 aromatic carbocycles. The summed E-state index contributed by atoms with van der Waals surface area (Å²) in [6.07, 6.45) is 1.70. The standard InChI is InChI=1S/C27H29N5O2S/c1-17-8-10-19(11-9-17)23-18(2)35-26-24(23)25(33)30-22(31-26)16-32-14-12-21(13-15-32)29-27(34)28-20-6-4-3-5-7-20/h3-11,21H,12-16H2,1-2H3,(H2,28,29,34)(H,30,31,33). The molecule has 2 amide bonds. The molecule has 1 aliphatic rings. The van der Waals surface area contributed by atoms with Gasteiger partial charge in [0.25, 0.3) is 5.56 Å². The van der Waals surface area contributed by atoms with E-state index in [1.165, 1.54) is 5.56 Å². The van der Waals surface area contributed by atoms with Gasteiger partial charge in [-0.1, -0.05) is 48.0 Å². The number of thiophene rings is 1. The van der Waals surface area contributed by atoms with Crippen LogP contribution in [0.25, 0.3) is 21.3 Å². The summed E-state index contributed by atoms with van der Waals surface area (Å²) >= 11 is 1.57. The SMILES string of the molecule is Cc1ccc(-c2c(C)sc3nc(CN4CCC(NC(=O)Nc5ccccc5)CC4)[nH]c(=O)c23)cc1. The van der Waals surface area contributed by atoms with E-state index in [2.05, 4.69) is 51.7 Å². The number of hydrogen-bond acceptors (Lipinski definition) is 5. The number of benzene rings is 2. The van der Waals surface area contributed by atoms with Gasteiger partial charge in [-0.3, -0.25) is 9.69 Å². The summed E-state index contributed by atoms with van der Waals surface area (Å²) in [5, 5.41) is 6.61. The number of piperidine rings is 1. The molecule has 0 atom stereocenters. The van der Waals surface area contributed by atoms with Gasteiger partial charge in [-0.15, -0.1) is 11.3 Å². The van der Waals surface area contributed by atoms with Crippen LogP contribution in [-0.2, 0) is 6.54 Å². The highest BCUT2D eigenvalue weighted by Gasteiger charge is 2.22. The van der Waals surface area contributed by atoms with Gasteiger partial charge in [0.05, 0.1) is 11.9 Å². The van der Waals surface area contributed by atoms with E-state index < -0.39 is 0 Å². The quantitative estimate of drug-likeness (QED) is 0.367. The van der Waals surface area contributed by atoms with Crippen LogP contribution in [0.2, 0.25) is 0 Å². The number of likely N-dealkylation sites (tertiary alicyclic amines) is 1. The van der Waals surface area contributed by atoms with Gasteiger partial charge in [0.1, 0.15) is 10.7 Å². The number of rotatable bonds is 5. The number of carbonyl (C=O) groups excluding carboxylic acids is 1. The largest absolute Gasteiger partial charge is 0.335 e. The number of aryl methyl sites for hydroxylation is 2. The van der Waals surface area contributed by atoms with Crippen molar-refractivity contribution in [2.75, 3.05) is 18.4 Å². The molecule has 0 saturated carbocycles. The van der Waals surface area contributed by atoms with Crippen LogP contribution in [0.15, 0.2) is 59.4 Å². The molecule has 4 aromatic rings. The average molecular weight is 488 g/mol. The zero-order chi connectivity index (χ0) is 24.4. The minimum Gasteiger partial charge on any atom is -0.335 e. The summed E-state index contributed by atoms with van der Waals surface area (Å²) in [6, 6.07) is 17.7. The van der Waals surface area contributed by atoms with Crippen molar-refractivity contribution in [3.05, 3.63) is 81.2 Å². The third kappa shape index (κ3) is 5.28. The molecule has 0 bridgehead atoms. The monoisotopic (exact) mass is 487 g/mol. The van der Waals surface area contributed by atoms with Gasteiger partial charge in [-0.05, 0) is 44.4 Å².